The van der Waals surface area contributed by atoms with E-state index in [9.17, 15) is 15.0 Å². The summed E-state index contributed by atoms with van der Waals surface area (Å²) in [5.74, 6) is 1.03. The lowest BCUT2D eigenvalue weighted by atomic mass is 9.43. The van der Waals surface area contributed by atoms with Gasteiger partial charge in [-0.15, -0.1) is 0 Å². The van der Waals surface area contributed by atoms with E-state index in [1.54, 1.807) is 0 Å². The number of aliphatic hydroxyl groups excluding tert-OH is 2. The normalized spacial score (nSPS) is 50.1. The van der Waals surface area contributed by atoms with Crippen molar-refractivity contribution in [2.45, 2.75) is 70.0 Å². The topological polar surface area (TPSA) is 66.8 Å². The first-order chi connectivity index (χ1) is 11.4. The quantitative estimate of drug-likeness (QED) is 0.602. The van der Waals surface area contributed by atoms with Crippen LogP contribution in [0.4, 0.5) is 0 Å². The summed E-state index contributed by atoms with van der Waals surface area (Å²) in [7, 11) is 1.45. The van der Waals surface area contributed by atoms with E-state index in [-0.39, 0.29) is 22.9 Å². The van der Waals surface area contributed by atoms with Crippen molar-refractivity contribution in [2.24, 2.45) is 28.6 Å². The van der Waals surface area contributed by atoms with Gasteiger partial charge in [0.1, 0.15) is 0 Å². The lowest BCUT2D eigenvalue weighted by Gasteiger charge is -2.62. The van der Waals surface area contributed by atoms with Gasteiger partial charge < -0.3 is 14.9 Å². The van der Waals surface area contributed by atoms with Crippen LogP contribution in [0.1, 0.15) is 57.8 Å². The number of aliphatic hydroxyl groups is 2. The van der Waals surface area contributed by atoms with E-state index in [4.69, 9.17) is 4.74 Å². The molecule has 4 fully saturated rings. The SMILES string of the molecule is C=C1[C@@H]2CCC3[C@]4(CC(=O)OC)C[C@H](O)CC[C@@H]4CC[C@]3(C2)[C@H]1O. The van der Waals surface area contributed by atoms with Gasteiger partial charge in [0.25, 0.3) is 0 Å². The van der Waals surface area contributed by atoms with Gasteiger partial charge in [-0.25, -0.2) is 0 Å². The van der Waals surface area contributed by atoms with Crippen molar-refractivity contribution in [2.75, 3.05) is 7.11 Å². The molecule has 4 saturated carbocycles. The van der Waals surface area contributed by atoms with Crippen LogP contribution < -0.4 is 0 Å². The summed E-state index contributed by atoms with van der Waals surface area (Å²) in [5.41, 5.74) is 0.682. The van der Waals surface area contributed by atoms with Gasteiger partial charge in [-0.05, 0) is 80.1 Å². The van der Waals surface area contributed by atoms with Crippen LogP contribution in [0, 0.1) is 28.6 Å². The van der Waals surface area contributed by atoms with E-state index in [1.165, 1.54) is 7.11 Å². The molecule has 1 unspecified atom stereocenters. The number of hydrogen-bond acceptors (Lipinski definition) is 4. The predicted molar refractivity (Wildman–Crippen MR) is 90.1 cm³/mol. The minimum atomic E-state index is -0.440. The predicted octanol–water partition coefficient (Wildman–Crippen LogP) is 2.82. The van der Waals surface area contributed by atoms with Crippen LogP contribution >= 0.6 is 0 Å². The van der Waals surface area contributed by atoms with Crippen molar-refractivity contribution >= 4 is 5.97 Å². The van der Waals surface area contributed by atoms with Crippen LogP contribution in [0.3, 0.4) is 0 Å². The molecule has 0 saturated heterocycles. The van der Waals surface area contributed by atoms with Gasteiger partial charge in [-0.2, -0.15) is 0 Å². The fourth-order valence-electron chi connectivity index (χ4n) is 7.21. The largest absolute Gasteiger partial charge is 0.469 e. The number of methoxy groups -OCH3 is 1. The molecule has 4 aliphatic rings. The molecule has 0 radical (unpaired) electrons. The molecule has 4 heteroatoms. The maximum Gasteiger partial charge on any atom is 0.306 e. The average molecular weight is 334 g/mol. The van der Waals surface area contributed by atoms with Crippen molar-refractivity contribution in [3.63, 3.8) is 0 Å². The number of carbonyl (C=O) groups is 1. The Kier molecular flexibility index (Phi) is 3.85. The van der Waals surface area contributed by atoms with Crippen LogP contribution in [0.25, 0.3) is 0 Å². The number of esters is 1. The molecule has 0 aromatic rings. The van der Waals surface area contributed by atoms with Crippen molar-refractivity contribution < 1.29 is 19.7 Å². The Labute approximate surface area is 144 Å². The fraction of sp³-hybridized carbons (Fsp3) is 0.850. The highest BCUT2D eigenvalue weighted by molar-refractivity contribution is 5.70. The second-order valence-electron chi connectivity index (χ2n) is 8.90. The first kappa shape index (κ1) is 16.6. The van der Waals surface area contributed by atoms with Crippen LogP contribution in [0.15, 0.2) is 12.2 Å². The zero-order valence-corrected chi connectivity index (χ0v) is 14.7. The van der Waals surface area contributed by atoms with E-state index in [0.29, 0.717) is 30.6 Å². The lowest BCUT2D eigenvalue weighted by Crippen LogP contribution is -2.58. The molecule has 4 rings (SSSR count). The van der Waals surface area contributed by atoms with Crippen LogP contribution in [0.2, 0.25) is 0 Å². The third-order valence-corrected chi connectivity index (χ3v) is 8.17. The minimum Gasteiger partial charge on any atom is -0.469 e. The molecular weight excluding hydrogens is 304 g/mol. The zero-order valence-electron chi connectivity index (χ0n) is 14.7. The molecule has 2 bridgehead atoms. The molecule has 0 aliphatic heterocycles. The summed E-state index contributed by atoms with van der Waals surface area (Å²) in [6.07, 6.45) is 7.35. The molecule has 1 spiro atoms. The van der Waals surface area contributed by atoms with Crippen molar-refractivity contribution in [1.29, 1.82) is 0 Å². The molecular formula is C20H30O4. The summed E-state index contributed by atoms with van der Waals surface area (Å²) in [5, 5.41) is 21.5. The minimum absolute atomic E-state index is 0.123. The highest BCUT2D eigenvalue weighted by atomic mass is 16.5. The van der Waals surface area contributed by atoms with E-state index in [1.807, 2.05) is 0 Å². The van der Waals surface area contributed by atoms with Gasteiger partial charge in [0.05, 0.1) is 25.7 Å². The van der Waals surface area contributed by atoms with Crippen molar-refractivity contribution in [3.8, 4) is 0 Å². The monoisotopic (exact) mass is 334 g/mol. The van der Waals surface area contributed by atoms with Gasteiger partial charge in [-0.3, -0.25) is 4.79 Å². The molecule has 0 heterocycles. The van der Waals surface area contributed by atoms with E-state index < -0.39 is 6.10 Å². The van der Waals surface area contributed by atoms with Gasteiger partial charge in [0.15, 0.2) is 0 Å². The number of rotatable bonds is 2. The Balaban J connectivity index is 1.77. The van der Waals surface area contributed by atoms with Gasteiger partial charge in [0.2, 0.25) is 0 Å². The first-order valence-corrected chi connectivity index (χ1v) is 9.54. The Morgan fingerprint density at radius 2 is 2.00 bits per heavy atom. The summed E-state index contributed by atoms with van der Waals surface area (Å²) >= 11 is 0. The summed E-state index contributed by atoms with van der Waals surface area (Å²) < 4.78 is 5.04. The van der Waals surface area contributed by atoms with Crippen molar-refractivity contribution in [3.05, 3.63) is 12.2 Å². The van der Waals surface area contributed by atoms with Crippen LogP contribution in [0.5, 0.6) is 0 Å². The second-order valence-corrected chi connectivity index (χ2v) is 8.90. The molecule has 4 nitrogen and oxygen atoms in total. The van der Waals surface area contributed by atoms with Gasteiger partial charge >= 0.3 is 5.97 Å². The molecule has 2 N–H and O–H groups in total. The Morgan fingerprint density at radius 3 is 2.75 bits per heavy atom. The summed E-state index contributed by atoms with van der Waals surface area (Å²) in [6.45, 7) is 4.19. The molecule has 4 aliphatic carbocycles. The molecule has 0 aromatic heterocycles. The van der Waals surface area contributed by atoms with Gasteiger partial charge in [-0.1, -0.05) is 6.58 Å². The fourth-order valence-corrected chi connectivity index (χ4v) is 7.21. The van der Waals surface area contributed by atoms with Gasteiger partial charge in [0, 0.05) is 5.41 Å². The average Bonchev–Trinajstić information content (AvgIpc) is 2.75. The Bertz CT molecular complexity index is 558. The standard InChI is InChI=1S/C20H30O4/c1-12-13-3-6-16-19(9-13,18(12)23)8-7-14-4-5-15(21)10-20(14,16)11-17(22)24-2/h13-16,18,21,23H,1,3-11H2,2H3/t13-,14-,15-,16?,18+,19-,20+/m1/s1. The number of hydrogen-bond donors (Lipinski definition) is 2. The zero-order chi connectivity index (χ0) is 17.1. The smallest absolute Gasteiger partial charge is 0.306 e. The molecule has 0 aromatic carbocycles. The van der Waals surface area contributed by atoms with Crippen LogP contribution in [-0.2, 0) is 9.53 Å². The highest BCUT2D eigenvalue weighted by Gasteiger charge is 2.66. The van der Waals surface area contributed by atoms with Crippen molar-refractivity contribution in [1.82, 2.24) is 0 Å². The van der Waals surface area contributed by atoms with E-state index >= 15 is 0 Å². The summed E-state index contributed by atoms with van der Waals surface area (Å²) in [4.78, 5) is 12.3. The Morgan fingerprint density at radius 1 is 1.21 bits per heavy atom. The highest BCUT2D eigenvalue weighted by Crippen LogP contribution is 2.70. The third kappa shape index (κ3) is 2.08. The van der Waals surface area contributed by atoms with E-state index in [0.717, 1.165) is 50.5 Å². The maximum absolute atomic E-state index is 12.3. The molecule has 24 heavy (non-hydrogen) atoms. The molecule has 134 valence electrons. The molecule has 0 amide bonds. The number of carbonyl (C=O) groups excluding carboxylic acids is 1. The van der Waals surface area contributed by atoms with Crippen LogP contribution in [-0.4, -0.2) is 35.5 Å². The molecule has 7 atom stereocenters. The second kappa shape index (κ2) is 5.57. The number of ether oxygens (including phenoxy) is 1. The number of fused-ring (bicyclic) bond motifs is 3. The first-order valence-electron chi connectivity index (χ1n) is 9.54. The van der Waals surface area contributed by atoms with E-state index in [2.05, 4.69) is 6.58 Å². The third-order valence-electron chi connectivity index (χ3n) is 8.17. The Hall–Kier alpha value is -0.870. The maximum atomic E-state index is 12.3. The summed E-state index contributed by atoms with van der Waals surface area (Å²) in [6, 6.07) is 0. The lowest BCUT2D eigenvalue weighted by molar-refractivity contribution is -0.178.